The number of halogens is 6. The Balaban J connectivity index is 0.000000197. The Morgan fingerprint density at radius 1 is 0.673 bits per heavy atom. The molecule has 0 atom stereocenters. The van der Waals surface area contributed by atoms with Crippen LogP contribution in [-0.2, 0) is 6.42 Å². The molecule has 11 heteroatoms. The molecule has 0 unspecified atom stereocenters. The molecule has 0 amide bonds. The van der Waals surface area contributed by atoms with Crippen LogP contribution in [0.25, 0.3) is 39.1 Å². The third kappa shape index (κ3) is 7.89. The third-order valence-electron chi connectivity index (χ3n) is 7.59. The van der Waals surface area contributed by atoms with E-state index in [1.54, 1.807) is 53.3 Å². The van der Waals surface area contributed by atoms with E-state index in [9.17, 15) is 4.79 Å². The van der Waals surface area contributed by atoms with Crippen LogP contribution in [0.1, 0.15) is 15.9 Å². The molecule has 0 aliphatic carbocycles. The molecule has 244 valence electrons. The van der Waals surface area contributed by atoms with Gasteiger partial charge in [-0.05, 0) is 83.9 Å². The fourth-order valence-corrected chi connectivity index (χ4v) is 6.47. The number of rotatable bonds is 6. The molecule has 5 nitrogen and oxygen atoms in total. The first-order valence-corrected chi connectivity index (χ1v) is 17.0. The lowest BCUT2D eigenvalue weighted by Crippen LogP contribution is -2.04. The summed E-state index contributed by atoms with van der Waals surface area (Å²) in [7, 11) is 0. The second-order valence-corrected chi connectivity index (χ2v) is 13.4. The molecule has 2 aromatic heterocycles. The summed E-state index contributed by atoms with van der Waals surface area (Å²) in [5, 5.41) is 8.51. The van der Waals surface area contributed by atoms with Crippen molar-refractivity contribution in [1.82, 2.24) is 14.8 Å². The van der Waals surface area contributed by atoms with E-state index in [4.69, 9.17) is 80.3 Å². The van der Waals surface area contributed by atoms with Crippen LogP contribution < -0.4 is 5.73 Å². The second-order valence-electron chi connectivity index (χ2n) is 10.9. The summed E-state index contributed by atoms with van der Waals surface area (Å²) in [6.45, 7) is 0. The third-order valence-corrected chi connectivity index (χ3v) is 9.19. The molecule has 0 saturated carbocycles. The first-order valence-electron chi connectivity index (χ1n) is 14.8. The van der Waals surface area contributed by atoms with Gasteiger partial charge in [0, 0.05) is 43.2 Å². The summed E-state index contributed by atoms with van der Waals surface area (Å²) < 4.78 is 1.77. The van der Waals surface area contributed by atoms with Crippen molar-refractivity contribution in [2.24, 2.45) is 0 Å². The number of carbonyl (C=O) groups excluding carboxylic acids is 1. The molecule has 49 heavy (non-hydrogen) atoms. The van der Waals surface area contributed by atoms with Crippen molar-refractivity contribution < 1.29 is 4.79 Å². The molecule has 0 bridgehead atoms. The minimum absolute atomic E-state index is 0.0426. The average Bonchev–Trinajstić information content (AvgIpc) is 3.51. The fraction of sp³-hybridized carbons (Fsp3) is 0.0263. The lowest BCUT2D eigenvalue weighted by molar-refractivity contribution is 0.0993. The molecule has 2 heterocycles. The normalized spacial score (nSPS) is 10.9. The molecule has 7 rings (SSSR count). The number of anilines is 1. The molecule has 0 radical (unpaired) electrons. The number of carbonyl (C=O) groups is 1. The van der Waals surface area contributed by atoms with Crippen molar-refractivity contribution in [2.75, 3.05) is 5.73 Å². The Bertz CT molecular complexity index is 2290. The Labute approximate surface area is 312 Å². The van der Waals surface area contributed by atoms with Crippen LogP contribution in [0.2, 0.25) is 30.1 Å². The SMILES string of the molecule is Nc1c(-c2ccc(Cl)cc2)c(-c2ccc(Cl)cc2Cl)nc2c1cnn2-c1ccccc1.O=C(Cc1ccc(Cl)cc1)c1ccc(Cl)cc1Cl. The van der Waals surface area contributed by atoms with Crippen LogP contribution in [0.5, 0.6) is 0 Å². The highest BCUT2D eigenvalue weighted by Gasteiger charge is 2.21. The standard InChI is InChI=1S/C24H15Cl3N4.C14H9Cl3O/c25-15-8-6-14(7-9-15)21-22(28)19-13-29-31(17-4-2-1-3-5-17)24(19)30-23(21)18-11-10-16(26)12-20(18)27;15-10-3-1-9(2-4-10)7-14(18)12-6-5-11(16)8-13(12)17/h1-13H,(H2,28,30);1-6,8H,7H2. The van der Waals surface area contributed by atoms with Gasteiger partial charge in [-0.3, -0.25) is 4.79 Å². The molecular formula is C38H24Cl6N4O. The molecule has 0 aliphatic heterocycles. The molecule has 0 saturated heterocycles. The Morgan fingerprint density at radius 3 is 1.90 bits per heavy atom. The van der Waals surface area contributed by atoms with Gasteiger partial charge in [-0.25, -0.2) is 9.67 Å². The lowest BCUT2D eigenvalue weighted by atomic mass is 9.96. The highest BCUT2D eigenvalue weighted by atomic mass is 35.5. The smallest absolute Gasteiger partial charge is 0.168 e. The van der Waals surface area contributed by atoms with E-state index in [-0.39, 0.29) is 5.78 Å². The number of hydrogen-bond acceptors (Lipinski definition) is 4. The highest BCUT2D eigenvalue weighted by Crippen LogP contribution is 2.42. The van der Waals surface area contributed by atoms with E-state index in [1.165, 1.54) is 0 Å². The second kappa shape index (κ2) is 15.2. The summed E-state index contributed by atoms with van der Waals surface area (Å²) in [6.07, 6.45) is 2.02. The van der Waals surface area contributed by atoms with Crippen molar-refractivity contribution in [3.63, 3.8) is 0 Å². The summed E-state index contributed by atoms with van der Waals surface area (Å²) in [5.41, 5.74) is 13.2. The summed E-state index contributed by atoms with van der Waals surface area (Å²) >= 11 is 36.4. The number of ketones is 1. The number of nitrogens with zero attached hydrogens (tertiary/aromatic N) is 3. The van der Waals surface area contributed by atoms with Crippen molar-refractivity contribution in [1.29, 1.82) is 0 Å². The maximum atomic E-state index is 12.1. The molecule has 0 fully saturated rings. The molecule has 0 aliphatic rings. The first-order chi connectivity index (χ1) is 23.6. The zero-order chi connectivity index (χ0) is 34.7. The van der Waals surface area contributed by atoms with Gasteiger partial charge in [-0.15, -0.1) is 0 Å². The van der Waals surface area contributed by atoms with Crippen LogP contribution in [0.15, 0.2) is 121 Å². The van der Waals surface area contributed by atoms with Gasteiger partial charge in [-0.1, -0.05) is 112 Å². The van der Waals surface area contributed by atoms with Crippen LogP contribution in [0.3, 0.4) is 0 Å². The highest BCUT2D eigenvalue weighted by molar-refractivity contribution is 6.37. The minimum atomic E-state index is -0.0426. The average molecular weight is 765 g/mol. The zero-order valence-corrected chi connectivity index (χ0v) is 29.9. The lowest BCUT2D eigenvalue weighted by Gasteiger charge is -2.15. The Hall–Kier alpha value is -4.07. The van der Waals surface area contributed by atoms with Gasteiger partial charge >= 0.3 is 0 Å². The van der Waals surface area contributed by atoms with Crippen LogP contribution in [-0.4, -0.2) is 20.5 Å². The van der Waals surface area contributed by atoms with E-state index < -0.39 is 0 Å². The van der Waals surface area contributed by atoms with Gasteiger partial charge in [0.25, 0.3) is 0 Å². The number of Topliss-reactive ketones (excluding diaryl/α,β-unsaturated/α-hetero) is 1. The maximum absolute atomic E-state index is 12.1. The number of para-hydroxylation sites is 1. The molecule has 5 aromatic carbocycles. The van der Waals surface area contributed by atoms with Crippen LogP contribution in [0, 0.1) is 0 Å². The molecule has 2 N–H and O–H groups in total. The van der Waals surface area contributed by atoms with Gasteiger partial charge in [0.2, 0.25) is 0 Å². The largest absolute Gasteiger partial charge is 0.398 e. The predicted octanol–water partition coefficient (Wildman–Crippen LogP) is 12.4. The minimum Gasteiger partial charge on any atom is -0.398 e. The van der Waals surface area contributed by atoms with Crippen molar-refractivity contribution >= 4 is 92.1 Å². The summed E-state index contributed by atoms with van der Waals surface area (Å²) in [5.74, 6) is -0.0426. The zero-order valence-electron chi connectivity index (χ0n) is 25.3. The number of aromatic nitrogens is 3. The number of benzene rings is 5. The van der Waals surface area contributed by atoms with Crippen LogP contribution in [0.4, 0.5) is 5.69 Å². The monoisotopic (exact) mass is 762 g/mol. The van der Waals surface area contributed by atoms with Gasteiger partial charge in [0.05, 0.1) is 38.7 Å². The quantitative estimate of drug-likeness (QED) is 0.171. The van der Waals surface area contributed by atoms with Gasteiger partial charge in [-0.2, -0.15) is 5.10 Å². The number of nitrogen functional groups attached to an aromatic ring is 1. The van der Waals surface area contributed by atoms with Gasteiger partial charge in [0.15, 0.2) is 11.4 Å². The van der Waals surface area contributed by atoms with Crippen molar-refractivity contribution in [3.8, 4) is 28.1 Å². The number of fused-ring (bicyclic) bond motifs is 1. The molecule has 7 aromatic rings. The van der Waals surface area contributed by atoms with E-state index in [2.05, 4.69) is 5.10 Å². The van der Waals surface area contributed by atoms with Gasteiger partial charge < -0.3 is 5.73 Å². The summed E-state index contributed by atoms with van der Waals surface area (Å²) in [4.78, 5) is 17.1. The van der Waals surface area contributed by atoms with Gasteiger partial charge in [0.1, 0.15) is 0 Å². The topological polar surface area (TPSA) is 73.8 Å². The van der Waals surface area contributed by atoms with E-state index in [0.29, 0.717) is 59.1 Å². The molecular weight excluding hydrogens is 741 g/mol. The number of pyridine rings is 1. The predicted molar refractivity (Wildman–Crippen MR) is 205 cm³/mol. The van der Waals surface area contributed by atoms with Crippen molar-refractivity contribution in [2.45, 2.75) is 6.42 Å². The van der Waals surface area contributed by atoms with E-state index in [1.807, 2.05) is 72.8 Å². The Morgan fingerprint density at radius 2 is 1.27 bits per heavy atom. The van der Waals surface area contributed by atoms with Crippen molar-refractivity contribution in [3.05, 3.63) is 163 Å². The maximum Gasteiger partial charge on any atom is 0.168 e. The Kier molecular flexibility index (Phi) is 10.8. The van der Waals surface area contributed by atoms with Crippen LogP contribution >= 0.6 is 69.6 Å². The first kappa shape index (κ1) is 34.8. The molecule has 0 spiro atoms. The number of hydrogen-bond donors (Lipinski definition) is 1. The fourth-order valence-electron chi connectivity index (χ4n) is 5.21. The van der Waals surface area contributed by atoms with E-state index >= 15 is 0 Å². The number of nitrogens with two attached hydrogens (primary N) is 1. The van der Waals surface area contributed by atoms with E-state index in [0.717, 1.165) is 33.3 Å². The summed E-state index contributed by atoms with van der Waals surface area (Å²) in [6, 6.07) is 34.6.